The number of aromatic nitrogens is 3. The van der Waals surface area contributed by atoms with E-state index in [1.165, 1.54) is 27.3 Å². The van der Waals surface area contributed by atoms with Gasteiger partial charge < -0.3 is 19.9 Å². The number of hydrogen-bond acceptors (Lipinski definition) is 9. The molecule has 5 heterocycles. The van der Waals surface area contributed by atoms with Gasteiger partial charge in [0.25, 0.3) is 0 Å². The number of hydrogen-bond donors (Lipinski definition) is 1. The number of ether oxygens (including phenoxy) is 1. The molecule has 4 aromatic rings. The number of likely N-dealkylation sites (N-methyl/N-ethyl adjacent to an activating group) is 1. The van der Waals surface area contributed by atoms with Crippen molar-refractivity contribution in [1.29, 1.82) is 0 Å². The third-order valence-electron chi connectivity index (χ3n) is 7.19. The standard InChI is InChI=1S/C28H28ClFN8O2S/c1-35-9-11-36(12-10-35)21-5-3-20(4-6-21)33-27-32-14-19-16-37(24-18(13-30)17-41-25(24)29)28(39)38(26(19)34-27)23-8-7-22(40-2)15-31-23/h3-8,14-15,17H,9-13,16H2,1-2H3,(H,32,33,34). The number of amides is 2. The smallest absolute Gasteiger partial charge is 0.336 e. The molecule has 1 N–H and O–H groups in total. The predicted molar refractivity (Wildman–Crippen MR) is 160 cm³/mol. The number of methoxy groups -OCH3 is 1. The van der Waals surface area contributed by atoms with E-state index in [4.69, 9.17) is 21.3 Å². The van der Waals surface area contributed by atoms with E-state index in [0.717, 1.165) is 37.6 Å². The second-order valence-electron chi connectivity index (χ2n) is 9.78. The van der Waals surface area contributed by atoms with Crippen molar-refractivity contribution in [2.75, 3.05) is 60.4 Å². The van der Waals surface area contributed by atoms with Crippen molar-refractivity contribution in [3.05, 3.63) is 69.6 Å². The van der Waals surface area contributed by atoms with Crippen LogP contribution in [0, 0.1) is 0 Å². The summed E-state index contributed by atoms with van der Waals surface area (Å²) in [5.74, 6) is 1.58. The number of alkyl halides is 1. The maximum absolute atomic E-state index is 14.0. The van der Waals surface area contributed by atoms with Gasteiger partial charge in [0, 0.05) is 60.3 Å². The highest BCUT2D eigenvalue weighted by molar-refractivity contribution is 7.15. The molecule has 2 amide bonds. The van der Waals surface area contributed by atoms with Gasteiger partial charge in [-0.05, 0) is 43.4 Å². The fourth-order valence-corrected chi connectivity index (χ4v) is 6.03. The van der Waals surface area contributed by atoms with Gasteiger partial charge in [0.2, 0.25) is 5.95 Å². The zero-order valence-corrected chi connectivity index (χ0v) is 24.1. The minimum absolute atomic E-state index is 0.129. The van der Waals surface area contributed by atoms with E-state index in [-0.39, 0.29) is 6.54 Å². The van der Waals surface area contributed by atoms with Gasteiger partial charge in [-0.1, -0.05) is 11.6 Å². The zero-order chi connectivity index (χ0) is 28.5. The number of nitrogens with zero attached hydrogens (tertiary/aromatic N) is 7. The number of rotatable bonds is 7. The Morgan fingerprint density at radius 1 is 1.07 bits per heavy atom. The third-order valence-corrected chi connectivity index (χ3v) is 8.44. The number of fused-ring (bicyclic) bond motifs is 1. The number of carbonyl (C=O) groups excluding carboxylic acids is 1. The van der Waals surface area contributed by atoms with Gasteiger partial charge in [0.15, 0.2) is 5.82 Å². The van der Waals surface area contributed by atoms with Crippen LogP contribution in [0.15, 0.2) is 54.2 Å². The van der Waals surface area contributed by atoms with Gasteiger partial charge in [-0.3, -0.25) is 4.90 Å². The number of urea groups is 1. The molecule has 0 atom stereocenters. The van der Waals surface area contributed by atoms with Crippen molar-refractivity contribution in [2.24, 2.45) is 0 Å². The van der Waals surface area contributed by atoms with Gasteiger partial charge in [-0.2, -0.15) is 4.98 Å². The molecule has 0 spiro atoms. The molecule has 212 valence electrons. The molecular formula is C28H28ClFN8O2S. The molecule has 10 nitrogen and oxygen atoms in total. The van der Waals surface area contributed by atoms with Crippen molar-refractivity contribution < 1.29 is 13.9 Å². The van der Waals surface area contributed by atoms with E-state index in [1.807, 2.05) is 12.1 Å². The maximum Gasteiger partial charge on any atom is 0.336 e. The average Bonchev–Trinajstić information content (AvgIpc) is 3.38. The van der Waals surface area contributed by atoms with Gasteiger partial charge >= 0.3 is 6.03 Å². The molecule has 0 radical (unpaired) electrons. The Morgan fingerprint density at radius 2 is 1.85 bits per heavy atom. The molecule has 41 heavy (non-hydrogen) atoms. The van der Waals surface area contributed by atoms with Crippen LogP contribution in [0.5, 0.6) is 5.75 Å². The Labute approximate surface area is 246 Å². The topological polar surface area (TPSA) is 90.0 Å². The van der Waals surface area contributed by atoms with Crippen LogP contribution in [0.4, 0.5) is 43.8 Å². The Hall–Kier alpha value is -4.00. The minimum Gasteiger partial charge on any atom is -0.495 e. The summed E-state index contributed by atoms with van der Waals surface area (Å²) in [4.78, 5) is 35.2. The van der Waals surface area contributed by atoms with Crippen LogP contribution >= 0.6 is 22.9 Å². The maximum atomic E-state index is 14.0. The Morgan fingerprint density at radius 3 is 2.54 bits per heavy atom. The van der Waals surface area contributed by atoms with Crippen LogP contribution in [0.2, 0.25) is 4.34 Å². The predicted octanol–water partition coefficient (Wildman–Crippen LogP) is 5.84. The molecule has 1 saturated heterocycles. The molecule has 13 heteroatoms. The molecular weight excluding hydrogens is 567 g/mol. The zero-order valence-electron chi connectivity index (χ0n) is 22.5. The highest BCUT2D eigenvalue weighted by Gasteiger charge is 2.37. The molecule has 0 unspecified atom stereocenters. The van der Waals surface area contributed by atoms with Gasteiger partial charge in [-0.15, -0.1) is 11.3 Å². The number of benzene rings is 1. The van der Waals surface area contributed by atoms with Crippen LogP contribution in [0.1, 0.15) is 11.1 Å². The third kappa shape index (κ3) is 5.37. The highest BCUT2D eigenvalue weighted by Crippen LogP contribution is 2.42. The molecule has 3 aromatic heterocycles. The van der Waals surface area contributed by atoms with Gasteiger partial charge in [0.05, 0.1) is 25.5 Å². The summed E-state index contributed by atoms with van der Waals surface area (Å²) in [7, 11) is 3.68. The number of piperazine rings is 1. The van der Waals surface area contributed by atoms with Crippen LogP contribution in [-0.4, -0.2) is 66.2 Å². The molecule has 1 aromatic carbocycles. The van der Waals surface area contributed by atoms with Crippen molar-refractivity contribution in [2.45, 2.75) is 13.2 Å². The number of anilines is 6. The SMILES string of the molecule is COc1ccc(N2C(=O)N(c3c(CF)csc3Cl)Cc3cnc(Nc4ccc(N5CCN(C)CC5)cc4)nc32)nc1. The van der Waals surface area contributed by atoms with Crippen LogP contribution in [0.3, 0.4) is 0 Å². The molecule has 0 saturated carbocycles. The second kappa shape index (κ2) is 11.5. The van der Waals surface area contributed by atoms with Gasteiger partial charge in [0.1, 0.15) is 22.6 Å². The molecule has 2 aliphatic rings. The average molecular weight is 595 g/mol. The molecule has 6 rings (SSSR count). The van der Waals surface area contributed by atoms with Crippen molar-refractivity contribution in [3.63, 3.8) is 0 Å². The number of nitrogens with one attached hydrogen (secondary N) is 1. The van der Waals surface area contributed by atoms with E-state index in [0.29, 0.717) is 44.5 Å². The lowest BCUT2D eigenvalue weighted by Crippen LogP contribution is -2.46. The quantitative estimate of drug-likeness (QED) is 0.285. The first-order valence-corrected chi connectivity index (χ1v) is 14.3. The van der Waals surface area contributed by atoms with E-state index in [9.17, 15) is 9.18 Å². The summed E-state index contributed by atoms with van der Waals surface area (Å²) in [6, 6.07) is 11.1. The first kappa shape index (κ1) is 27.2. The Bertz CT molecular complexity index is 1540. The van der Waals surface area contributed by atoms with E-state index < -0.39 is 12.7 Å². The summed E-state index contributed by atoms with van der Waals surface area (Å²) < 4.78 is 19.4. The number of pyridine rings is 1. The fourth-order valence-electron chi connectivity index (χ4n) is 4.90. The monoisotopic (exact) mass is 594 g/mol. The minimum atomic E-state index is -0.747. The summed E-state index contributed by atoms with van der Waals surface area (Å²) in [6.45, 7) is 3.42. The lowest BCUT2D eigenvalue weighted by atomic mass is 10.2. The van der Waals surface area contributed by atoms with Gasteiger partial charge in [-0.25, -0.2) is 24.1 Å². The number of carbonyl (C=O) groups is 1. The van der Waals surface area contributed by atoms with E-state index in [1.54, 1.807) is 30.8 Å². The van der Waals surface area contributed by atoms with E-state index in [2.05, 4.69) is 44.3 Å². The summed E-state index contributed by atoms with van der Waals surface area (Å²) >= 11 is 7.61. The van der Waals surface area contributed by atoms with E-state index >= 15 is 0 Å². The second-order valence-corrected chi connectivity index (χ2v) is 11.3. The largest absolute Gasteiger partial charge is 0.495 e. The summed E-state index contributed by atoms with van der Waals surface area (Å²) in [5.41, 5.74) is 3.33. The molecule has 1 fully saturated rings. The number of halogens is 2. The Balaban J connectivity index is 1.32. The van der Waals surface area contributed by atoms with Crippen molar-refractivity contribution in [3.8, 4) is 5.75 Å². The van der Waals surface area contributed by atoms with Crippen LogP contribution in [-0.2, 0) is 13.2 Å². The summed E-state index contributed by atoms with van der Waals surface area (Å²) in [6.07, 6.45) is 3.18. The van der Waals surface area contributed by atoms with Crippen LogP contribution in [0.25, 0.3) is 0 Å². The highest BCUT2D eigenvalue weighted by atomic mass is 35.5. The van der Waals surface area contributed by atoms with Crippen molar-refractivity contribution in [1.82, 2.24) is 19.9 Å². The first-order chi connectivity index (χ1) is 19.9. The Kier molecular flexibility index (Phi) is 7.61. The first-order valence-electron chi connectivity index (χ1n) is 13.0. The van der Waals surface area contributed by atoms with Crippen LogP contribution < -0.4 is 24.8 Å². The number of thiophene rings is 1. The molecule has 2 aliphatic heterocycles. The lowest BCUT2D eigenvalue weighted by Gasteiger charge is -2.35. The normalized spacial score (nSPS) is 15.7. The fraction of sp³-hybridized carbons (Fsp3) is 0.286. The molecule has 0 bridgehead atoms. The lowest BCUT2D eigenvalue weighted by molar-refractivity contribution is 0.252. The molecule has 0 aliphatic carbocycles. The summed E-state index contributed by atoms with van der Waals surface area (Å²) in [5, 5.41) is 4.87. The van der Waals surface area contributed by atoms with Crippen molar-refractivity contribution >= 4 is 63.6 Å².